The van der Waals surface area contributed by atoms with Gasteiger partial charge >= 0.3 is 0 Å². The van der Waals surface area contributed by atoms with Crippen molar-refractivity contribution in [3.8, 4) is 5.75 Å². The number of nitrogens with one attached hydrogen (secondary N) is 2. The molecule has 7 nitrogen and oxygen atoms in total. The maximum Gasteiger partial charge on any atom is 0.270 e. The number of hydrogen-bond acceptors (Lipinski definition) is 5. The average molecular weight is 399 g/mol. The average Bonchev–Trinajstić information content (AvgIpc) is 2.66. The lowest BCUT2D eigenvalue weighted by atomic mass is 10.2. The molecule has 0 radical (unpaired) electrons. The number of benzene rings is 2. The molecule has 0 aromatic heterocycles. The summed E-state index contributed by atoms with van der Waals surface area (Å²) in [5.41, 5.74) is 1.19. The summed E-state index contributed by atoms with van der Waals surface area (Å²) in [5.74, 6) is 0.259. The molecule has 1 amide bonds. The Kier molecular flexibility index (Phi) is 7.65. The molecule has 0 aliphatic heterocycles. The van der Waals surface area contributed by atoms with Crippen LogP contribution in [0.1, 0.15) is 25.8 Å². The highest BCUT2D eigenvalue weighted by Gasteiger charge is 2.06. The van der Waals surface area contributed by atoms with Crippen LogP contribution in [0.25, 0.3) is 6.08 Å². The summed E-state index contributed by atoms with van der Waals surface area (Å²) < 4.78 is 5.75. The van der Waals surface area contributed by atoms with Crippen LogP contribution in [-0.4, -0.2) is 22.0 Å². The van der Waals surface area contributed by atoms with Crippen LogP contribution in [0.3, 0.4) is 0 Å². The van der Waals surface area contributed by atoms with Crippen LogP contribution in [0.4, 0.5) is 11.4 Å². The van der Waals surface area contributed by atoms with Crippen LogP contribution >= 0.6 is 12.2 Å². The van der Waals surface area contributed by atoms with E-state index in [1.54, 1.807) is 24.3 Å². The number of carbonyl (C=O) groups excluding carboxylic acids is 1. The number of non-ortho nitro benzene ring substituents is 1. The fourth-order valence-corrected chi connectivity index (χ4v) is 2.41. The second kappa shape index (κ2) is 10.2. The molecule has 1 unspecified atom stereocenters. The Morgan fingerprint density at radius 2 is 2.04 bits per heavy atom. The largest absolute Gasteiger partial charge is 0.491 e. The number of carbonyl (C=O) groups is 1. The van der Waals surface area contributed by atoms with E-state index in [0.29, 0.717) is 17.0 Å². The molecular formula is C20H21N3O4S. The van der Waals surface area contributed by atoms with Crippen LogP contribution in [0.2, 0.25) is 0 Å². The van der Waals surface area contributed by atoms with Crippen LogP contribution in [0, 0.1) is 10.1 Å². The minimum atomic E-state index is -0.491. The second-order valence-corrected chi connectivity index (χ2v) is 6.40. The van der Waals surface area contributed by atoms with Crippen molar-refractivity contribution in [1.29, 1.82) is 0 Å². The van der Waals surface area contributed by atoms with E-state index in [9.17, 15) is 14.9 Å². The maximum absolute atomic E-state index is 12.0. The van der Waals surface area contributed by atoms with E-state index in [-0.39, 0.29) is 16.9 Å². The Labute approximate surface area is 168 Å². The lowest BCUT2D eigenvalue weighted by Gasteiger charge is -2.14. The number of thiocarbonyl (C=S) groups is 1. The van der Waals surface area contributed by atoms with Crippen molar-refractivity contribution in [3.63, 3.8) is 0 Å². The molecule has 2 aromatic rings. The highest BCUT2D eigenvalue weighted by atomic mass is 32.1. The first-order valence-corrected chi connectivity index (χ1v) is 9.09. The first-order chi connectivity index (χ1) is 13.4. The third-order valence-corrected chi connectivity index (χ3v) is 3.95. The van der Waals surface area contributed by atoms with Gasteiger partial charge in [0, 0.05) is 30.0 Å². The van der Waals surface area contributed by atoms with Gasteiger partial charge in [-0.1, -0.05) is 25.1 Å². The van der Waals surface area contributed by atoms with E-state index >= 15 is 0 Å². The quantitative estimate of drug-likeness (QED) is 0.312. The molecule has 0 saturated heterocycles. The number of amides is 1. The summed E-state index contributed by atoms with van der Waals surface area (Å²) >= 11 is 5.15. The smallest absolute Gasteiger partial charge is 0.270 e. The maximum atomic E-state index is 12.0. The van der Waals surface area contributed by atoms with E-state index in [1.165, 1.54) is 24.3 Å². The Hall–Kier alpha value is -3.26. The molecule has 1 atom stereocenters. The zero-order valence-electron chi connectivity index (χ0n) is 15.5. The minimum Gasteiger partial charge on any atom is -0.491 e. The van der Waals surface area contributed by atoms with E-state index in [4.69, 9.17) is 17.0 Å². The summed E-state index contributed by atoms with van der Waals surface area (Å²) in [4.78, 5) is 22.3. The van der Waals surface area contributed by atoms with E-state index < -0.39 is 10.8 Å². The van der Waals surface area contributed by atoms with Gasteiger partial charge in [0.1, 0.15) is 5.75 Å². The molecule has 0 aliphatic rings. The molecule has 0 heterocycles. The van der Waals surface area contributed by atoms with Crippen molar-refractivity contribution in [2.24, 2.45) is 0 Å². The Morgan fingerprint density at radius 3 is 2.75 bits per heavy atom. The van der Waals surface area contributed by atoms with Crippen molar-refractivity contribution in [3.05, 3.63) is 70.3 Å². The van der Waals surface area contributed by atoms with Gasteiger partial charge < -0.3 is 10.1 Å². The second-order valence-electron chi connectivity index (χ2n) is 5.99. The van der Waals surface area contributed by atoms with Gasteiger partial charge in [0.15, 0.2) is 5.11 Å². The highest BCUT2D eigenvalue weighted by Crippen LogP contribution is 2.19. The predicted molar refractivity (Wildman–Crippen MR) is 113 cm³/mol. The fourth-order valence-electron chi connectivity index (χ4n) is 2.19. The summed E-state index contributed by atoms with van der Waals surface area (Å²) in [5, 5.41) is 16.4. The third kappa shape index (κ3) is 6.81. The number of nitrogens with zero attached hydrogens (tertiary/aromatic N) is 1. The zero-order valence-corrected chi connectivity index (χ0v) is 16.4. The first-order valence-electron chi connectivity index (χ1n) is 8.68. The van der Waals surface area contributed by atoms with Gasteiger partial charge in [0.05, 0.1) is 11.0 Å². The summed E-state index contributed by atoms with van der Waals surface area (Å²) in [7, 11) is 0. The van der Waals surface area contributed by atoms with Gasteiger partial charge in [-0.3, -0.25) is 20.2 Å². The number of ether oxygens (including phenoxy) is 1. The lowest BCUT2D eigenvalue weighted by molar-refractivity contribution is -0.384. The van der Waals surface area contributed by atoms with Gasteiger partial charge in [0.2, 0.25) is 5.91 Å². The van der Waals surface area contributed by atoms with Crippen LogP contribution in [0.5, 0.6) is 5.75 Å². The van der Waals surface area contributed by atoms with E-state index in [0.717, 1.165) is 6.42 Å². The topological polar surface area (TPSA) is 93.5 Å². The monoisotopic (exact) mass is 399 g/mol. The molecule has 2 N–H and O–H groups in total. The summed E-state index contributed by atoms with van der Waals surface area (Å²) in [6, 6.07) is 13.3. The van der Waals surface area contributed by atoms with Crippen molar-refractivity contribution >= 4 is 40.7 Å². The number of nitro groups is 1. The van der Waals surface area contributed by atoms with E-state index in [2.05, 4.69) is 10.6 Å². The molecular weight excluding hydrogens is 378 g/mol. The summed E-state index contributed by atoms with van der Waals surface area (Å²) in [6.07, 6.45) is 3.73. The standard InChI is InChI=1S/C20H21N3O4S/c1-3-14(2)27-18-9-5-7-16(13-18)21-20(28)22-19(24)11-10-15-6-4-8-17(12-15)23(25)26/h4-14H,3H2,1-2H3,(H2,21,22,24,28)/b11-10+. The lowest BCUT2D eigenvalue weighted by Crippen LogP contribution is -2.32. The van der Waals surface area contributed by atoms with Gasteiger partial charge in [0.25, 0.3) is 5.69 Å². The normalized spacial score (nSPS) is 11.6. The molecule has 2 aromatic carbocycles. The van der Waals surface area contributed by atoms with Crippen molar-refractivity contribution in [2.45, 2.75) is 26.4 Å². The molecule has 0 saturated carbocycles. The highest BCUT2D eigenvalue weighted by molar-refractivity contribution is 7.80. The van der Waals surface area contributed by atoms with Crippen molar-refractivity contribution < 1.29 is 14.5 Å². The zero-order chi connectivity index (χ0) is 20.5. The number of anilines is 1. The summed E-state index contributed by atoms with van der Waals surface area (Å²) in [6.45, 7) is 4.03. The van der Waals surface area contributed by atoms with Gasteiger partial charge in [-0.25, -0.2) is 0 Å². The molecule has 146 valence electrons. The minimum absolute atomic E-state index is 0.0424. The molecule has 0 fully saturated rings. The number of nitro benzene ring substituents is 1. The van der Waals surface area contributed by atoms with Crippen LogP contribution < -0.4 is 15.4 Å². The molecule has 0 spiro atoms. The molecule has 2 rings (SSSR count). The number of hydrogen-bond donors (Lipinski definition) is 2. The third-order valence-electron chi connectivity index (χ3n) is 3.75. The number of rotatable bonds is 7. The van der Waals surface area contributed by atoms with Gasteiger partial charge in [-0.15, -0.1) is 0 Å². The van der Waals surface area contributed by atoms with Crippen molar-refractivity contribution in [2.75, 3.05) is 5.32 Å². The van der Waals surface area contributed by atoms with Crippen molar-refractivity contribution in [1.82, 2.24) is 5.32 Å². The molecule has 28 heavy (non-hydrogen) atoms. The Bertz CT molecular complexity index is 899. The fraction of sp³-hybridized carbons (Fsp3) is 0.200. The Balaban J connectivity index is 1.92. The SMILES string of the molecule is CCC(C)Oc1cccc(NC(=S)NC(=O)/C=C/c2cccc([N+](=O)[O-])c2)c1. The first kappa shape index (κ1) is 21.0. The molecule has 0 bridgehead atoms. The Morgan fingerprint density at radius 1 is 1.29 bits per heavy atom. The van der Waals surface area contributed by atoms with Gasteiger partial charge in [-0.05, 0) is 49.3 Å². The van der Waals surface area contributed by atoms with Gasteiger partial charge in [-0.2, -0.15) is 0 Å². The van der Waals surface area contributed by atoms with Crippen LogP contribution in [-0.2, 0) is 4.79 Å². The van der Waals surface area contributed by atoms with E-state index in [1.807, 2.05) is 26.0 Å². The molecule has 0 aliphatic carbocycles. The molecule has 8 heteroatoms. The van der Waals surface area contributed by atoms with Crippen LogP contribution in [0.15, 0.2) is 54.6 Å². The predicted octanol–water partition coefficient (Wildman–Crippen LogP) is 4.30.